The molecule has 2 aromatic carbocycles. The van der Waals surface area contributed by atoms with Crippen LogP contribution < -0.4 is 10.2 Å². The lowest BCUT2D eigenvalue weighted by Crippen LogP contribution is -2.30. The third-order valence-corrected chi connectivity index (χ3v) is 6.26. The summed E-state index contributed by atoms with van der Waals surface area (Å²) in [6, 6.07) is 25.1. The summed E-state index contributed by atoms with van der Waals surface area (Å²) in [7, 11) is 0. The van der Waals surface area contributed by atoms with Gasteiger partial charge in [0.15, 0.2) is 5.11 Å². The van der Waals surface area contributed by atoms with Crippen LogP contribution in [0.5, 0.6) is 5.75 Å². The fourth-order valence-corrected chi connectivity index (χ4v) is 4.63. The highest BCUT2D eigenvalue weighted by Crippen LogP contribution is 2.42. The Balaban J connectivity index is 1.66. The molecule has 5 nitrogen and oxygen atoms in total. The average Bonchev–Trinajstić information content (AvgIpc) is 3.40. The molecule has 2 N–H and O–H groups in total. The van der Waals surface area contributed by atoms with Gasteiger partial charge in [-0.05, 0) is 85.0 Å². The summed E-state index contributed by atoms with van der Waals surface area (Å²) in [5.74, 6) is 0.220. The van der Waals surface area contributed by atoms with E-state index in [-0.39, 0.29) is 17.8 Å². The van der Waals surface area contributed by atoms with E-state index in [1.807, 2.05) is 48.5 Å². The number of aromatic nitrogens is 2. The molecular formula is C24H19BrN4OS. The first-order chi connectivity index (χ1) is 15.1. The van der Waals surface area contributed by atoms with Crippen molar-refractivity contribution in [3.05, 3.63) is 107 Å². The monoisotopic (exact) mass is 490 g/mol. The van der Waals surface area contributed by atoms with Crippen molar-refractivity contribution >= 4 is 38.9 Å². The molecule has 1 saturated heterocycles. The number of pyridine rings is 1. The van der Waals surface area contributed by atoms with Crippen LogP contribution in [0.3, 0.4) is 0 Å². The minimum Gasteiger partial charge on any atom is -0.508 e. The largest absolute Gasteiger partial charge is 0.508 e. The van der Waals surface area contributed by atoms with Gasteiger partial charge in [0, 0.05) is 33.9 Å². The molecule has 0 aliphatic carbocycles. The molecule has 0 unspecified atom stereocenters. The predicted molar refractivity (Wildman–Crippen MR) is 130 cm³/mol. The second-order valence-electron chi connectivity index (χ2n) is 7.29. The molecule has 2 aromatic heterocycles. The molecule has 4 aromatic rings. The molecule has 1 fully saturated rings. The van der Waals surface area contributed by atoms with Crippen molar-refractivity contribution in [2.45, 2.75) is 12.1 Å². The first-order valence-electron chi connectivity index (χ1n) is 9.85. The van der Waals surface area contributed by atoms with Crippen molar-refractivity contribution in [1.82, 2.24) is 14.9 Å². The first kappa shape index (κ1) is 19.8. The Bertz CT molecular complexity index is 1210. The smallest absolute Gasteiger partial charge is 0.174 e. The molecule has 0 amide bonds. The SMILES string of the molecule is Oc1ccc(N2C(=S)N[C@H](c3ccccn3)[C@@H]2c2cccn2-c2ccc(Br)cc2)cc1. The Morgan fingerprint density at radius 3 is 2.35 bits per heavy atom. The van der Waals surface area contributed by atoms with E-state index < -0.39 is 0 Å². The molecule has 154 valence electrons. The zero-order chi connectivity index (χ0) is 21.4. The van der Waals surface area contributed by atoms with E-state index in [4.69, 9.17) is 12.2 Å². The summed E-state index contributed by atoms with van der Waals surface area (Å²) in [6.07, 6.45) is 3.86. The molecule has 7 heteroatoms. The predicted octanol–water partition coefficient (Wildman–Crippen LogP) is 5.52. The molecule has 0 saturated carbocycles. The van der Waals surface area contributed by atoms with E-state index in [2.05, 4.69) is 60.1 Å². The molecule has 5 rings (SSSR count). The summed E-state index contributed by atoms with van der Waals surface area (Å²) in [5, 5.41) is 13.9. The van der Waals surface area contributed by atoms with Crippen molar-refractivity contribution < 1.29 is 5.11 Å². The second kappa shape index (κ2) is 8.17. The van der Waals surface area contributed by atoms with Crippen molar-refractivity contribution in [3.63, 3.8) is 0 Å². The Kier molecular flexibility index (Phi) is 5.21. The van der Waals surface area contributed by atoms with Crippen LogP contribution >= 0.6 is 28.1 Å². The summed E-state index contributed by atoms with van der Waals surface area (Å²) in [4.78, 5) is 6.70. The number of hydrogen-bond acceptors (Lipinski definition) is 3. The number of benzene rings is 2. The Hall–Kier alpha value is -3.16. The van der Waals surface area contributed by atoms with Gasteiger partial charge in [-0.3, -0.25) is 4.98 Å². The minimum absolute atomic E-state index is 0.133. The highest BCUT2D eigenvalue weighted by Gasteiger charge is 2.42. The summed E-state index contributed by atoms with van der Waals surface area (Å²) >= 11 is 9.28. The van der Waals surface area contributed by atoms with Gasteiger partial charge in [0.25, 0.3) is 0 Å². The fourth-order valence-electron chi connectivity index (χ4n) is 4.02. The van der Waals surface area contributed by atoms with Crippen LogP contribution in [-0.4, -0.2) is 19.8 Å². The molecule has 3 heterocycles. The second-order valence-corrected chi connectivity index (χ2v) is 8.59. The number of halogens is 1. The number of anilines is 1. The van der Waals surface area contributed by atoms with Crippen LogP contribution in [0.15, 0.2) is 95.7 Å². The van der Waals surface area contributed by atoms with E-state index in [1.54, 1.807) is 18.3 Å². The van der Waals surface area contributed by atoms with Crippen LogP contribution in [0.4, 0.5) is 5.69 Å². The number of nitrogens with one attached hydrogen (secondary N) is 1. The Morgan fingerprint density at radius 2 is 1.65 bits per heavy atom. The molecular weight excluding hydrogens is 472 g/mol. The molecule has 0 radical (unpaired) electrons. The number of nitrogens with zero attached hydrogens (tertiary/aromatic N) is 3. The van der Waals surface area contributed by atoms with Gasteiger partial charge < -0.3 is 19.9 Å². The zero-order valence-corrected chi connectivity index (χ0v) is 18.8. The fraction of sp³-hybridized carbons (Fsp3) is 0.0833. The third-order valence-electron chi connectivity index (χ3n) is 5.41. The normalized spacial score (nSPS) is 18.2. The lowest BCUT2D eigenvalue weighted by atomic mass is 10.0. The molecule has 31 heavy (non-hydrogen) atoms. The number of phenols is 1. The third kappa shape index (κ3) is 3.71. The van der Waals surface area contributed by atoms with Gasteiger partial charge in [-0.15, -0.1) is 0 Å². The van der Waals surface area contributed by atoms with E-state index >= 15 is 0 Å². The zero-order valence-electron chi connectivity index (χ0n) is 16.4. The highest BCUT2D eigenvalue weighted by atomic mass is 79.9. The standard InChI is InChI=1S/C24H19BrN4OS/c25-16-6-8-17(9-7-16)28-15-3-5-21(28)23-22(20-4-1-2-14-26-20)27-24(31)29(23)18-10-12-19(30)13-11-18/h1-15,22-23,30H,(H,27,31)/t22-,23+/m1/s1. The van der Waals surface area contributed by atoms with Crippen molar-refractivity contribution in [3.8, 4) is 11.4 Å². The van der Waals surface area contributed by atoms with Gasteiger partial charge in [0.05, 0.1) is 11.7 Å². The first-order valence-corrected chi connectivity index (χ1v) is 11.0. The lowest BCUT2D eigenvalue weighted by molar-refractivity contribution is 0.475. The Morgan fingerprint density at radius 1 is 0.903 bits per heavy atom. The van der Waals surface area contributed by atoms with Gasteiger partial charge in [0.2, 0.25) is 0 Å². The van der Waals surface area contributed by atoms with Crippen LogP contribution in [0.1, 0.15) is 23.5 Å². The van der Waals surface area contributed by atoms with Gasteiger partial charge in [-0.2, -0.15) is 0 Å². The highest BCUT2D eigenvalue weighted by molar-refractivity contribution is 9.10. The van der Waals surface area contributed by atoms with Crippen LogP contribution in [-0.2, 0) is 0 Å². The van der Waals surface area contributed by atoms with E-state index in [0.29, 0.717) is 5.11 Å². The van der Waals surface area contributed by atoms with Crippen molar-refractivity contribution in [2.24, 2.45) is 0 Å². The quantitative estimate of drug-likeness (QED) is 0.369. The number of rotatable bonds is 4. The van der Waals surface area contributed by atoms with Gasteiger partial charge >= 0.3 is 0 Å². The summed E-state index contributed by atoms with van der Waals surface area (Å²) < 4.78 is 3.21. The number of thiocarbonyl (C=S) groups is 1. The van der Waals surface area contributed by atoms with Crippen LogP contribution in [0, 0.1) is 0 Å². The number of aromatic hydroxyl groups is 1. The van der Waals surface area contributed by atoms with Crippen LogP contribution in [0.2, 0.25) is 0 Å². The maximum absolute atomic E-state index is 9.78. The number of phenolic OH excluding ortho intramolecular Hbond substituents is 1. The van der Waals surface area contributed by atoms with E-state index in [9.17, 15) is 5.11 Å². The van der Waals surface area contributed by atoms with E-state index in [0.717, 1.165) is 27.2 Å². The Labute approximate surface area is 194 Å². The minimum atomic E-state index is -0.134. The maximum atomic E-state index is 9.78. The maximum Gasteiger partial charge on any atom is 0.174 e. The van der Waals surface area contributed by atoms with Crippen molar-refractivity contribution in [1.29, 1.82) is 0 Å². The molecule has 1 aliphatic rings. The molecule has 1 aliphatic heterocycles. The van der Waals surface area contributed by atoms with Crippen LogP contribution in [0.25, 0.3) is 5.69 Å². The van der Waals surface area contributed by atoms with Gasteiger partial charge in [0.1, 0.15) is 11.8 Å². The number of hydrogen-bond donors (Lipinski definition) is 2. The summed E-state index contributed by atoms with van der Waals surface area (Å²) in [6.45, 7) is 0. The molecule has 0 spiro atoms. The summed E-state index contributed by atoms with van der Waals surface area (Å²) in [5.41, 5.74) is 3.96. The van der Waals surface area contributed by atoms with E-state index in [1.165, 1.54) is 0 Å². The van der Waals surface area contributed by atoms with Gasteiger partial charge in [-0.1, -0.05) is 22.0 Å². The van der Waals surface area contributed by atoms with Gasteiger partial charge in [-0.25, -0.2) is 0 Å². The lowest BCUT2D eigenvalue weighted by Gasteiger charge is -2.29. The average molecular weight is 491 g/mol. The molecule has 2 atom stereocenters. The topological polar surface area (TPSA) is 53.3 Å². The van der Waals surface area contributed by atoms with Crippen molar-refractivity contribution in [2.75, 3.05) is 4.90 Å². The molecule has 0 bridgehead atoms.